The first-order valence-corrected chi connectivity index (χ1v) is 4.94. The molecule has 1 atom stereocenters. The lowest BCUT2D eigenvalue weighted by Crippen LogP contribution is -2.34. The Kier molecular flexibility index (Phi) is 5.51. The smallest absolute Gasteiger partial charge is 0.00876 e. The Morgan fingerprint density at radius 1 is 1.08 bits per heavy atom. The van der Waals surface area contributed by atoms with Gasteiger partial charge in [-0.25, -0.2) is 0 Å². The Hall–Kier alpha value is -0.0800. The van der Waals surface area contributed by atoms with Gasteiger partial charge in [0.15, 0.2) is 0 Å². The molecule has 0 spiro atoms. The average molecular weight is 172 g/mol. The van der Waals surface area contributed by atoms with E-state index in [-0.39, 0.29) is 5.41 Å². The fourth-order valence-corrected chi connectivity index (χ4v) is 1.12. The van der Waals surface area contributed by atoms with Gasteiger partial charge in [0, 0.05) is 6.04 Å². The normalized spacial score (nSPS) is 14.8. The Labute approximate surface area is 76.7 Å². The van der Waals surface area contributed by atoms with E-state index in [4.69, 9.17) is 11.5 Å². The van der Waals surface area contributed by atoms with Gasteiger partial charge < -0.3 is 11.5 Å². The molecule has 74 valence electrons. The maximum atomic E-state index is 6.00. The molecule has 0 fully saturated rings. The average Bonchev–Trinajstić information content (AvgIpc) is 1.96. The quantitative estimate of drug-likeness (QED) is 0.622. The Balaban J connectivity index is 3.38. The maximum Gasteiger partial charge on any atom is 0.00876 e. The molecule has 1 unspecified atom stereocenters. The lowest BCUT2D eigenvalue weighted by atomic mass is 9.84. The van der Waals surface area contributed by atoms with Crippen LogP contribution in [0.25, 0.3) is 0 Å². The van der Waals surface area contributed by atoms with Crippen LogP contribution in [0.3, 0.4) is 0 Å². The highest BCUT2D eigenvalue weighted by atomic mass is 14.7. The molecule has 0 aromatic heterocycles. The summed E-state index contributed by atoms with van der Waals surface area (Å²) in [6, 6.07) is 0.329. The number of rotatable bonds is 5. The molecule has 0 rings (SSSR count). The SMILES string of the molecule is CC(C)(C)C(N)CCCCCN. The van der Waals surface area contributed by atoms with E-state index in [1.54, 1.807) is 0 Å². The van der Waals surface area contributed by atoms with Gasteiger partial charge in [0.05, 0.1) is 0 Å². The van der Waals surface area contributed by atoms with Crippen LogP contribution in [0.1, 0.15) is 46.5 Å². The van der Waals surface area contributed by atoms with E-state index in [1.807, 2.05) is 0 Å². The van der Waals surface area contributed by atoms with Gasteiger partial charge in [-0.2, -0.15) is 0 Å². The zero-order valence-corrected chi connectivity index (χ0v) is 8.77. The molecule has 4 N–H and O–H groups in total. The van der Waals surface area contributed by atoms with E-state index in [2.05, 4.69) is 20.8 Å². The van der Waals surface area contributed by atoms with E-state index >= 15 is 0 Å². The van der Waals surface area contributed by atoms with Gasteiger partial charge in [-0.3, -0.25) is 0 Å². The van der Waals surface area contributed by atoms with Crippen molar-refractivity contribution >= 4 is 0 Å². The zero-order valence-electron chi connectivity index (χ0n) is 8.77. The first-order chi connectivity index (χ1) is 5.48. The molecule has 2 heteroatoms. The van der Waals surface area contributed by atoms with Crippen molar-refractivity contribution in [2.75, 3.05) is 6.54 Å². The zero-order chi connectivity index (χ0) is 9.61. The fourth-order valence-electron chi connectivity index (χ4n) is 1.12. The molecule has 0 amide bonds. The largest absolute Gasteiger partial charge is 0.330 e. The van der Waals surface area contributed by atoms with E-state index in [0.717, 1.165) is 19.4 Å². The highest BCUT2D eigenvalue weighted by Crippen LogP contribution is 2.21. The minimum absolute atomic E-state index is 0.253. The third-order valence-corrected chi connectivity index (χ3v) is 2.33. The summed E-state index contributed by atoms with van der Waals surface area (Å²) >= 11 is 0. The van der Waals surface area contributed by atoms with Crippen molar-refractivity contribution in [3.63, 3.8) is 0 Å². The highest BCUT2D eigenvalue weighted by molar-refractivity contribution is 4.76. The van der Waals surface area contributed by atoms with E-state index in [0.29, 0.717) is 6.04 Å². The molecule has 0 saturated carbocycles. The Morgan fingerprint density at radius 2 is 1.67 bits per heavy atom. The van der Waals surface area contributed by atoms with Crippen molar-refractivity contribution in [2.24, 2.45) is 16.9 Å². The fraction of sp³-hybridized carbons (Fsp3) is 1.00. The predicted molar refractivity (Wildman–Crippen MR) is 55.0 cm³/mol. The summed E-state index contributed by atoms with van der Waals surface area (Å²) in [5, 5.41) is 0. The standard InChI is InChI=1S/C10H24N2/c1-10(2,3)9(12)7-5-4-6-8-11/h9H,4-8,11-12H2,1-3H3. The van der Waals surface area contributed by atoms with Crippen LogP contribution in [0.15, 0.2) is 0 Å². The molecule has 2 nitrogen and oxygen atoms in total. The first-order valence-electron chi connectivity index (χ1n) is 4.94. The Bertz CT molecular complexity index is 105. The van der Waals surface area contributed by atoms with Crippen molar-refractivity contribution in [3.05, 3.63) is 0 Å². The van der Waals surface area contributed by atoms with Crippen LogP contribution in [-0.2, 0) is 0 Å². The molecular formula is C10H24N2. The summed E-state index contributed by atoms with van der Waals surface area (Å²) in [7, 11) is 0. The highest BCUT2D eigenvalue weighted by Gasteiger charge is 2.19. The van der Waals surface area contributed by atoms with Crippen LogP contribution in [-0.4, -0.2) is 12.6 Å². The Morgan fingerprint density at radius 3 is 2.08 bits per heavy atom. The second kappa shape index (κ2) is 5.55. The van der Waals surface area contributed by atoms with Gasteiger partial charge >= 0.3 is 0 Å². The summed E-state index contributed by atoms with van der Waals surface area (Å²) in [6.07, 6.45) is 4.70. The summed E-state index contributed by atoms with van der Waals surface area (Å²) in [6.45, 7) is 7.40. The topological polar surface area (TPSA) is 52.0 Å². The van der Waals surface area contributed by atoms with Crippen LogP contribution < -0.4 is 11.5 Å². The van der Waals surface area contributed by atoms with E-state index in [9.17, 15) is 0 Å². The summed E-state index contributed by atoms with van der Waals surface area (Å²) < 4.78 is 0. The second-order valence-electron chi connectivity index (χ2n) is 4.61. The predicted octanol–water partition coefficient (Wildman–Crippen LogP) is 1.88. The van der Waals surface area contributed by atoms with Crippen LogP contribution in [0.2, 0.25) is 0 Å². The van der Waals surface area contributed by atoms with Crippen LogP contribution in [0.5, 0.6) is 0 Å². The number of unbranched alkanes of at least 4 members (excludes halogenated alkanes) is 2. The number of nitrogens with two attached hydrogens (primary N) is 2. The number of hydrogen-bond donors (Lipinski definition) is 2. The van der Waals surface area contributed by atoms with Gasteiger partial charge in [0.25, 0.3) is 0 Å². The van der Waals surface area contributed by atoms with Gasteiger partial charge in [-0.1, -0.05) is 33.6 Å². The van der Waals surface area contributed by atoms with E-state index in [1.165, 1.54) is 12.8 Å². The van der Waals surface area contributed by atoms with Gasteiger partial charge in [0.2, 0.25) is 0 Å². The van der Waals surface area contributed by atoms with Crippen LogP contribution in [0.4, 0.5) is 0 Å². The number of hydrogen-bond acceptors (Lipinski definition) is 2. The van der Waals surface area contributed by atoms with Crippen molar-refractivity contribution < 1.29 is 0 Å². The van der Waals surface area contributed by atoms with Gasteiger partial charge in [-0.05, 0) is 24.8 Å². The molecule has 0 bridgehead atoms. The third-order valence-electron chi connectivity index (χ3n) is 2.33. The minimum atomic E-state index is 0.253. The summed E-state index contributed by atoms with van der Waals surface area (Å²) in [5.41, 5.74) is 11.7. The van der Waals surface area contributed by atoms with Gasteiger partial charge in [0.1, 0.15) is 0 Å². The van der Waals surface area contributed by atoms with Crippen molar-refractivity contribution in [2.45, 2.75) is 52.5 Å². The third kappa shape index (κ3) is 5.56. The molecular weight excluding hydrogens is 148 g/mol. The maximum absolute atomic E-state index is 6.00. The molecule has 12 heavy (non-hydrogen) atoms. The summed E-state index contributed by atoms with van der Waals surface area (Å²) in [4.78, 5) is 0. The molecule has 0 aliphatic carbocycles. The molecule has 0 aromatic carbocycles. The molecule has 0 aromatic rings. The molecule has 0 aliphatic heterocycles. The van der Waals surface area contributed by atoms with Crippen molar-refractivity contribution in [3.8, 4) is 0 Å². The molecule has 0 radical (unpaired) electrons. The second-order valence-corrected chi connectivity index (χ2v) is 4.61. The lowest BCUT2D eigenvalue weighted by Gasteiger charge is -2.26. The van der Waals surface area contributed by atoms with Gasteiger partial charge in [-0.15, -0.1) is 0 Å². The minimum Gasteiger partial charge on any atom is -0.330 e. The van der Waals surface area contributed by atoms with E-state index < -0.39 is 0 Å². The van der Waals surface area contributed by atoms with Crippen LogP contribution in [0, 0.1) is 5.41 Å². The first kappa shape index (κ1) is 11.9. The van der Waals surface area contributed by atoms with Crippen LogP contribution >= 0.6 is 0 Å². The molecule has 0 saturated heterocycles. The monoisotopic (exact) mass is 172 g/mol. The summed E-state index contributed by atoms with van der Waals surface area (Å²) in [5.74, 6) is 0. The molecule has 0 heterocycles. The lowest BCUT2D eigenvalue weighted by molar-refractivity contribution is 0.299. The van der Waals surface area contributed by atoms with Crippen molar-refractivity contribution in [1.29, 1.82) is 0 Å². The molecule has 0 aliphatic rings. The van der Waals surface area contributed by atoms with Crippen molar-refractivity contribution in [1.82, 2.24) is 0 Å².